The van der Waals surface area contributed by atoms with Crippen molar-refractivity contribution < 1.29 is 23.4 Å². The largest absolute Gasteiger partial charge is 0.480 e. The van der Waals surface area contributed by atoms with Gasteiger partial charge in [0.1, 0.15) is 11.6 Å². The molecular weight excluding hydrogens is 316 g/mol. The second kappa shape index (κ2) is 5.63. The van der Waals surface area contributed by atoms with Crippen LogP contribution in [0.15, 0.2) is 48.3 Å². The summed E-state index contributed by atoms with van der Waals surface area (Å²) < 4.78 is 33.8. The average molecular weight is 331 g/mol. The molecule has 2 aromatic carbocycles. The second-order valence-electron chi connectivity index (χ2n) is 5.95. The summed E-state index contributed by atoms with van der Waals surface area (Å²) in [7, 11) is 0. The number of carboxylic acid groups (broad SMARTS) is 1. The van der Waals surface area contributed by atoms with E-state index in [0.29, 0.717) is 28.1 Å². The molecule has 3 rings (SSSR count). The van der Waals surface area contributed by atoms with E-state index in [9.17, 15) is 13.6 Å². The molecule has 0 saturated heterocycles. The molecule has 2 aromatic rings. The number of rotatable bonds is 2. The molecular formula is C18H15F2NO3. The minimum atomic E-state index is -1.22. The summed E-state index contributed by atoms with van der Waals surface area (Å²) in [4.78, 5) is 10.8. The topological polar surface area (TPSA) is 58.6 Å². The fourth-order valence-electron chi connectivity index (χ4n) is 2.65. The lowest BCUT2D eigenvalue weighted by Crippen LogP contribution is -2.33. The second-order valence-corrected chi connectivity index (χ2v) is 5.95. The molecule has 2 N–H and O–H groups in total. The molecule has 0 radical (unpaired) electrons. The number of amides is 1. The van der Waals surface area contributed by atoms with Crippen molar-refractivity contribution in [2.24, 2.45) is 0 Å². The van der Waals surface area contributed by atoms with Crippen molar-refractivity contribution in [3.8, 4) is 5.75 Å². The maximum Gasteiger partial charge on any atom is 0.409 e. The lowest BCUT2D eigenvalue weighted by molar-refractivity contribution is 0.117. The number of fused-ring (bicyclic) bond motifs is 1. The number of benzene rings is 2. The maximum atomic E-state index is 15.0. The summed E-state index contributed by atoms with van der Waals surface area (Å²) in [5.74, 6) is -0.528. The van der Waals surface area contributed by atoms with Crippen molar-refractivity contribution >= 4 is 17.4 Å². The van der Waals surface area contributed by atoms with Crippen LogP contribution >= 0.6 is 0 Å². The van der Waals surface area contributed by atoms with Crippen LogP contribution < -0.4 is 10.1 Å². The molecule has 0 fully saturated rings. The van der Waals surface area contributed by atoms with Gasteiger partial charge in [-0.05, 0) is 43.7 Å². The van der Waals surface area contributed by atoms with Gasteiger partial charge in [0, 0.05) is 22.9 Å². The van der Waals surface area contributed by atoms with Crippen molar-refractivity contribution in [2.75, 3.05) is 5.32 Å². The Bertz CT molecular complexity index is 842. The SMILES string of the molecule is CC1(C)Oc2cc(NC(=O)O)ccc2C(c2ccc(F)cc2)=C1F. The Morgan fingerprint density at radius 3 is 2.42 bits per heavy atom. The first-order chi connectivity index (χ1) is 11.3. The molecule has 1 aliphatic rings. The highest BCUT2D eigenvalue weighted by Crippen LogP contribution is 2.45. The first-order valence-corrected chi connectivity index (χ1v) is 7.27. The van der Waals surface area contributed by atoms with Crippen LogP contribution in [0.5, 0.6) is 5.75 Å². The first kappa shape index (κ1) is 16.0. The predicted octanol–water partition coefficient (Wildman–Crippen LogP) is 4.82. The third kappa shape index (κ3) is 2.82. The van der Waals surface area contributed by atoms with Crippen LogP contribution in [0.3, 0.4) is 0 Å². The first-order valence-electron chi connectivity index (χ1n) is 7.27. The molecule has 6 heteroatoms. The van der Waals surface area contributed by atoms with Crippen LogP contribution in [0.2, 0.25) is 0 Å². The van der Waals surface area contributed by atoms with Gasteiger partial charge in [-0.3, -0.25) is 5.32 Å². The van der Waals surface area contributed by atoms with E-state index < -0.39 is 23.3 Å². The zero-order chi connectivity index (χ0) is 17.5. The van der Waals surface area contributed by atoms with E-state index >= 15 is 0 Å². The van der Waals surface area contributed by atoms with E-state index in [1.54, 1.807) is 19.9 Å². The van der Waals surface area contributed by atoms with Crippen LogP contribution in [-0.2, 0) is 0 Å². The summed E-state index contributed by atoms with van der Waals surface area (Å²) in [6.45, 7) is 3.15. The van der Waals surface area contributed by atoms with Gasteiger partial charge in [-0.25, -0.2) is 13.6 Å². The average Bonchev–Trinajstić information content (AvgIpc) is 2.49. The van der Waals surface area contributed by atoms with E-state index in [1.807, 2.05) is 0 Å². The summed E-state index contributed by atoms with van der Waals surface area (Å²) in [5.41, 5.74) is 0.402. The lowest BCUT2D eigenvalue weighted by Gasteiger charge is -2.33. The number of hydrogen-bond acceptors (Lipinski definition) is 2. The molecule has 0 aromatic heterocycles. The Labute approximate surface area is 137 Å². The minimum absolute atomic E-state index is 0.308. The fourth-order valence-corrected chi connectivity index (χ4v) is 2.65. The van der Waals surface area contributed by atoms with E-state index in [1.165, 1.54) is 36.4 Å². The number of carbonyl (C=O) groups is 1. The van der Waals surface area contributed by atoms with Crippen LogP contribution in [0, 0.1) is 5.82 Å². The molecule has 1 aliphatic heterocycles. The Kier molecular flexibility index (Phi) is 3.75. The van der Waals surface area contributed by atoms with Crippen LogP contribution in [0.1, 0.15) is 25.0 Å². The normalized spacial score (nSPS) is 15.5. The van der Waals surface area contributed by atoms with Crippen LogP contribution in [-0.4, -0.2) is 16.8 Å². The molecule has 0 saturated carbocycles. The smallest absolute Gasteiger partial charge is 0.409 e. The highest BCUT2D eigenvalue weighted by molar-refractivity contribution is 5.89. The Balaban J connectivity index is 2.17. The quantitative estimate of drug-likeness (QED) is 0.830. The van der Waals surface area contributed by atoms with Gasteiger partial charge in [-0.2, -0.15) is 0 Å². The van der Waals surface area contributed by atoms with Gasteiger partial charge in [-0.15, -0.1) is 0 Å². The molecule has 0 atom stereocenters. The Morgan fingerprint density at radius 1 is 1.12 bits per heavy atom. The predicted molar refractivity (Wildman–Crippen MR) is 86.3 cm³/mol. The van der Waals surface area contributed by atoms with Gasteiger partial charge >= 0.3 is 6.09 Å². The summed E-state index contributed by atoms with van der Waals surface area (Å²) >= 11 is 0. The molecule has 0 spiro atoms. The third-order valence-electron chi connectivity index (χ3n) is 3.75. The maximum absolute atomic E-state index is 15.0. The van der Waals surface area contributed by atoms with E-state index in [2.05, 4.69) is 5.32 Å². The van der Waals surface area contributed by atoms with Crippen molar-refractivity contribution in [1.82, 2.24) is 0 Å². The van der Waals surface area contributed by atoms with Gasteiger partial charge in [-0.1, -0.05) is 12.1 Å². The Hall–Kier alpha value is -2.89. The van der Waals surface area contributed by atoms with Gasteiger partial charge in [0.15, 0.2) is 11.4 Å². The molecule has 0 aliphatic carbocycles. The number of nitrogens with one attached hydrogen (secondary N) is 1. The van der Waals surface area contributed by atoms with Crippen LogP contribution in [0.25, 0.3) is 5.57 Å². The van der Waals surface area contributed by atoms with Crippen molar-refractivity contribution in [3.05, 3.63) is 65.2 Å². The van der Waals surface area contributed by atoms with Gasteiger partial charge < -0.3 is 9.84 Å². The molecule has 4 nitrogen and oxygen atoms in total. The molecule has 0 unspecified atom stereocenters. The zero-order valence-corrected chi connectivity index (χ0v) is 13.1. The molecule has 124 valence electrons. The number of ether oxygens (including phenoxy) is 1. The van der Waals surface area contributed by atoms with E-state index in [0.717, 1.165) is 0 Å². The van der Waals surface area contributed by atoms with Gasteiger partial charge in [0.25, 0.3) is 0 Å². The minimum Gasteiger partial charge on any atom is -0.480 e. The molecule has 0 bridgehead atoms. The molecule has 1 amide bonds. The summed E-state index contributed by atoms with van der Waals surface area (Å²) in [6, 6.07) is 10.1. The standard InChI is InChI=1S/C18H15F2NO3/c1-18(2)16(20)15(10-3-5-11(19)6-4-10)13-8-7-12(21-17(22)23)9-14(13)24-18/h3-9,21H,1-2H3,(H,22,23). The fraction of sp³-hybridized carbons (Fsp3) is 0.167. The van der Waals surface area contributed by atoms with Gasteiger partial charge in [0.05, 0.1) is 0 Å². The Morgan fingerprint density at radius 2 is 1.79 bits per heavy atom. The zero-order valence-electron chi connectivity index (χ0n) is 13.1. The van der Waals surface area contributed by atoms with Crippen molar-refractivity contribution in [1.29, 1.82) is 0 Å². The van der Waals surface area contributed by atoms with Crippen LogP contribution in [0.4, 0.5) is 19.3 Å². The number of anilines is 1. The highest BCUT2D eigenvalue weighted by atomic mass is 19.1. The molecule has 24 heavy (non-hydrogen) atoms. The van der Waals surface area contributed by atoms with Gasteiger partial charge in [0.2, 0.25) is 0 Å². The molecule has 1 heterocycles. The highest BCUT2D eigenvalue weighted by Gasteiger charge is 2.36. The number of halogens is 2. The van der Waals surface area contributed by atoms with E-state index in [4.69, 9.17) is 9.84 Å². The monoisotopic (exact) mass is 331 g/mol. The number of hydrogen-bond donors (Lipinski definition) is 2. The summed E-state index contributed by atoms with van der Waals surface area (Å²) in [5, 5.41) is 11.0. The third-order valence-corrected chi connectivity index (χ3v) is 3.75. The summed E-state index contributed by atoms with van der Waals surface area (Å²) in [6.07, 6.45) is -1.20. The van der Waals surface area contributed by atoms with Crippen molar-refractivity contribution in [2.45, 2.75) is 19.4 Å². The van der Waals surface area contributed by atoms with E-state index in [-0.39, 0.29) is 0 Å². The van der Waals surface area contributed by atoms with Crippen molar-refractivity contribution in [3.63, 3.8) is 0 Å². The lowest BCUT2D eigenvalue weighted by atomic mass is 9.88.